The van der Waals surface area contributed by atoms with Gasteiger partial charge in [-0.05, 0) is 37.9 Å². The summed E-state index contributed by atoms with van der Waals surface area (Å²) in [5.74, 6) is 0.577. The number of hydrogen-bond donors (Lipinski definition) is 1. The smallest absolute Gasteiger partial charge is 0.255 e. The number of aromatic nitrogens is 3. The predicted molar refractivity (Wildman–Crippen MR) is 120 cm³/mol. The second-order valence-corrected chi connectivity index (χ2v) is 7.42. The van der Waals surface area contributed by atoms with E-state index in [-0.39, 0.29) is 42.6 Å². The minimum Gasteiger partial charge on any atom is -0.338 e. The van der Waals surface area contributed by atoms with Gasteiger partial charge in [-0.2, -0.15) is 5.10 Å². The molecule has 2 N–H and O–H groups in total. The lowest BCUT2D eigenvalue weighted by Gasteiger charge is -2.18. The molecule has 1 fully saturated rings. The molecule has 0 unspecified atom stereocenters. The van der Waals surface area contributed by atoms with Crippen molar-refractivity contribution in [3.8, 4) is 0 Å². The summed E-state index contributed by atoms with van der Waals surface area (Å²) in [7, 11) is 1.88. The fraction of sp³-hybridized carbons (Fsp3) is 0.381. The van der Waals surface area contributed by atoms with Crippen molar-refractivity contribution in [1.29, 1.82) is 0 Å². The first-order chi connectivity index (χ1) is 13.0. The van der Waals surface area contributed by atoms with E-state index in [0.29, 0.717) is 25.2 Å². The van der Waals surface area contributed by atoms with Crippen molar-refractivity contribution >= 4 is 41.8 Å². The quantitative estimate of drug-likeness (QED) is 0.684. The van der Waals surface area contributed by atoms with Gasteiger partial charge in [0.15, 0.2) is 5.65 Å². The lowest BCUT2D eigenvalue weighted by atomic mass is 9.89. The molecule has 1 saturated heterocycles. The van der Waals surface area contributed by atoms with Crippen LogP contribution in [-0.4, -0.2) is 45.2 Å². The average Bonchev–Trinajstić information content (AvgIpc) is 3.23. The molecule has 6 nitrogen and oxygen atoms in total. The Kier molecular flexibility index (Phi) is 7.27. The number of likely N-dealkylation sites (tertiary alicyclic amines) is 1. The molecule has 8 heteroatoms. The molecule has 1 aliphatic heterocycles. The van der Waals surface area contributed by atoms with E-state index in [1.54, 1.807) is 4.68 Å². The fourth-order valence-corrected chi connectivity index (χ4v) is 4.17. The van der Waals surface area contributed by atoms with Crippen LogP contribution < -0.4 is 5.73 Å². The highest BCUT2D eigenvalue weighted by Crippen LogP contribution is 2.33. The maximum Gasteiger partial charge on any atom is 0.255 e. The van der Waals surface area contributed by atoms with E-state index in [1.165, 1.54) is 5.56 Å². The number of fused-ring (bicyclic) bond motifs is 1. The zero-order valence-electron chi connectivity index (χ0n) is 16.8. The van der Waals surface area contributed by atoms with Gasteiger partial charge in [0, 0.05) is 31.4 Å². The number of carbonyl (C=O) groups excluding carboxylic acids is 1. The number of carbonyl (C=O) groups is 1. The number of nitrogens with two attached hydrogens (primary N) is 1. The number of benzene rings is 1. The molecule has 3 aromatic rings. The molecule has 0 bridgehead atoms. The topological polar surface area (TPSA) is 77.0 Å². The van der Waals surface area contributed by atoms with Crippen LogP contribution in [0.15, 0.2) is 36.4 Å². The molecular weight excluding hydrogens is 409 g/mol. The molecular formula is C21H27Cl2N5O. The summed E-state index contributed by atoms with van der Waals surface area (Å²) in [6, 6.07) is 12.3. The van der Waals surface area contributed by atoms with Crippen LogP contribution >= 0.6 is 24.8 Å². The summed E-state index contributed by atoms with van der Waals surface area (Å²) in [5.41, 5.74) is 10.4. The molecule has 0 saturated carbocycles. The molecule has 0 aliphatic carbocycles. The van der Waals surface area contributed by atoms with E-state index in [0.717, 1.165) is 22.4 Å². The molecule has 2 aromatic heterocycles. The normalized spacial score (nSPS) is 18.4. The largest absolute Gasteiger partial charge is 0.338 e. The van der Waals surface area contributed by atoms with E-state index in [1.807, 2.05) is 50.1 Å². The SMILES string of the molecule is Cc1nc2c(cc1C(=O)N1C[C@@H](CN)[C@H](c3ccccc3)C1)c(C)nn2C.Cl.Cl. The van der Waals surface area contributed by atoms with E-state index < -0.39 is 0 Å². The van der Waals surface area contributed by atoms with Crippen molar-refractivity contribution in [2.75, 3.05) is 19.6 Å². The minimum atomic E-state index is 0. The van der Waals surface area contributed by atoms with Crippen LogP contribution in [-0.2, 0) is 7.05 Å². The molecule has 29 heavy (non-hydrogen) atoms. The van der Waals surface area contributed by atoms with Gasteiger partial charge in [-0.15, -0.1) is 24.8 Å². The molecule has 0 spiro atoms. The lowest BCUT2D eigenvalue weighted by Crippen LogP contribution is -2.30. The monoisotopic (exact) mass is 435 g/mol. The molecule has 2 atom stereocenters. The summed E-state index contributed by atoms with van der Waals surface area (Å²) in [6.07, 6.45) is 0. The van der Waals surface area contributed by atoms with Gasteiger partial charge < -0.3 is 10.6 Å². The van der Waals surface area contributed by atoms with E-state index in [2.05, 4.69) is 22.2 Å². The third-order valence-corrected chi connectivity index (χ3v) is 5.68. The second-order valence-electron chi connectivity index (χ2n) is 7.42. The highest BCUT2D eigenvalue weighted by molar-refractivity contribution is 5.99. The number of rotatable bonds is 3. The third-order valence-electron chi connectivity index (χ3n) is 5.68. The van der Waals surface area contributed by atoms with Crippen LogP contribution in [0.4, 0.5) is 0 Å². The van der Waals surface area contributed by atoms with Crippen molar-refractivity contribution < 1.29 is 4.79 Å². The molecule has 0 radical (unpaired) electrons. The summed E-state index contributed by atoms with van der Waals surface area (Å²) >= 11 is 0. The van der Waals surface area contributed by atoms with Gasteiger partial charge in [-0.1, -0.05) is 30.3 Å². The van der Waals surface area contributed by atoms with E-state index >= 15 is 0 Å². The zero-order valence-corrected chi connectivity index (χ0v) is 18.5. The molecule has 1 aromatic carbocycles. The Labute approximate surface area is 183 Å². The van der Waals surface area contributed by atoms with Crippen molar-refractivity contribution in [2.45, 2.75) is 19.8 Å². The number of pyridine rings is 1. The fourth-order valence-electron chi connectivity index (χ4n) is 4.17. The summed E-state index contributed by atoms with van der Waals surface area (Å²) in [6.45, 7) is 5.77. The van der Waals surface area contributed by atoms with Gasteiger partial charge >= 0.3 is 0 Å². The number of hydrogen-bond acceptors (Lipinski definition) is 4. The molecule has 1 aliphatic rings. The van der Waals surface area contributed by atoms with Crippen LogP contribution in [0.2, 0.25) is 0 Å². The van der Waals surface area contributed by atoms with Gasteiger partial charge in [0.2, 0.25) is 0 Å². The second kappa shape index (κ2) is 9.11. The van der Waals surface area contributed by atoms with Gasteiger partial charge in [-0.3, -0.25) is 9.48 Å². The first-order valence-electron chi connectivity index (χ1n) is 9.34. The molecule has 156 valence electrons. The highest BCUT2D eigenvalue weighted by atomic mass is 35.5. The van der Waals surface area contributed by atoms with Gasteiger partial charge in [0.1, 0.15) is 0 Å². The number of nitrogens with zero attached hydrogens (tertiary/aromatic N) is 4. The summed E-state index contributed by atoms with van der Waals surface area (Å²) in [4.78, 5) is 19.8. The summed E-state index contributed by atoms with van der Waals surface area (Å²) in [5, 5.41) is 5.35. The Hall–Kier alpha value is -2.15. The maximum absolute atomic E-state index is 13.3. The van der Waals surface area contributed by atoms with Gasteiger partial charge in [0.05, 0.1) is 17.0 Å². The average molecular weight is 436 g/mol. The molecule has 1 amide bonds. The van der Waals surface area contributed by atoms with Gasteiger partial charge in [0.25, 0.3) is 5.91 Å². The Balaban J connectivity index is 0.00000150. The predicted octanol–water partition coefficient (Wildman–Crippen LogP) is 3.24. The first-order valence-corrected chi connectivity index (χ1v) is 9.34. The van der Waals surface area contributed by atoms with Crippen LogP contribution in [0.5, 0.6) is 0 Å². The maximum atomic E-state index is 13.3. The van der Waals surface area contributed by atoms with Crippen molar-refractivity contribution in [3.05, 3.63) is 58.9 Å². The molecule has 4 rings (SSSR count). The lowest BCUT2D eigenvalue weighted by molar-refractivity contribution is 0.0785. The number of halogens is 2. The number of amides is 1. The Bertz CT molecular complexity index is 1010. The van der Waals surface area contributed by atoms with Crippen molar-refractivity contribution in [1.82, 2.24) is 19.7 Å². The van der Waals surface area contributed by atoms with Crippen LogP contribution in [0.25, 0.3) is 11.0 Å². The Morgan fingerprint density at radius 3 is 2.48 bits per heavy atom. The third kappa shape index (κ3) is 4.10. The minimum absolute atomic E-state index is 0. The van der Waals surface area contributed by atoms with Crippen molar-refractivity contribution in [3.63, 3.8) is 0 Å². The van der Waals surface area contributed by atoms with Crippen molar-refractivity contribution in [2.24, 2.45) is 18.7 Å². The van der Waals surface area contributed by atoms with Crippen LogP contribution in [0.3, 0.4) is 0 Å². The van der Waals surface area contributed by atoms with Crippen LogP contribution in [0, 0.1) is 19.8 Å². The van der Waals surface area contributed by atoms with E-state index in [9.17, 15) is 4.79 Å². The Morgan fingerprint density at radius 2 is 1.83 bits per heavy atom. The highest BCUT2D eigenvalue weighted by Gasteiger charge is 2.36. The van der Waals surface area contributed by atoms with Crippen LogP contribution in [0.1, 0.15) is 33.2 Å². The Morgan fingerprint density at radius 1 is 1.14 bits per heavy atom. The standard InChI is InChI=1S/C21H25N5O.2ClH/c1-13-18(9-17-14(2)24-25(3)20(17)23-13)21(27)26-11-16(10-22)19(12-26)15-7-5-4-6-8-15;;/h4-9,16,19H,10-12,22H2,1-3H3;2*1H/t16-,19+;;/m1../s1. The van der Waals surface area contributed by atoms with Gasteiger partial charge in [-0.25, -0.2) is 4.98 Å². The van der Waals surface area contributed by atoms with E-state index in [4.69, 9.17) is 5.73 Å². The molecule has 3 heterocycles. The number of aryl methyl sites for hydroxylation is 3. The summed E-state index contributed by atoms with van der Waals surface area (Å²) < 4.78 is 1.76. The zero-order chi connectivity index (χ0) is 19.1. The first kappa shape index (κ1) is 23.1.